The fraction of sp³-hybridized carbons (Fsp3) is 0.667. The molecule has 8 atom stereocenters. The summed E-state index contributed by atoms with van der Waals surface area (Å²) in [6.07, 6.45) is -8.09. The molecule has 0 spiro atoms. The van der Waals surface area contributed by atoms with Crippen molar-refractivity contribution >= 4 is 17.0 Å². The average molecular weight is 401 g/mol. The second-order valence-electron chi connectivity index (χ2n) is 6.62. The molecule has 2 aromatic heterocycles. The summed E-state index contributed by atoms with van der Waals surface area (Å²) in [6, 6.07) is 0. The maximum atomic E-state index is 14.0. The van der Waals surface area contributed by atoms with Gasteiger partial charge in [0.25, 0.3) is 0 Å². The van der Waals surface area contributed by atoms with Crippen LogP contribution in [0.25, 0.3) is 11.2 Å². The second kappa shape index (κ2) is 7.44. The Kier molecular flexibility index (Phi) is 5.13. The third kappa shape index (κ3) is 3.10. The molecular formula is C15H20FN5O7. The lowest BCUT2D eigenvalue weighted by molar-refractivity contribution is -0.181. The van der Waals surface area contributed by atoms with Crippen LogP contribution in [0.15, 0.2) is 12.7 Å². The Hall–Kier alpha value is -2.00. The van der Waals surface area contributed by atoms with Gasteiger partial charge in [0.15, 0.2) is 30.2 Å². The highest BCUT2D eigenvalue weighted by Gasteiger charge is 2.48. The van der Waals surface area contributed by atoms with Crippen LogP contribution in [0, 0.1) is 0 Å². The third-order valence-electron chi connectivity index (χ3n) is 4.88. The largest absolute Gasteiger partial charge is 0.394 e. The smallest absolute Gasteiger partial charge is 0.192 e. The number of aliphatic hydroxyl groups excluding tert-OH is 4. The van der Waals surface area contributed by atoms with Gasteiger partial charge in [-0.05, 0) is 0 Å². The van der Waals surface area contributed by atoms with E-state index >= 15 is 0 Å². The van der Waals surface area contributed by atoms with Crippen molar-refractivity contribution in [1.29, 1.82) is 0 Å². The van der Waals surface area contributed by atoms with Crippen LogP contribution in [-0.2, 0) is 14.2 Å². The number of rotatable bonds is 5. The summed E-state index contributed by atoms with van der Waals surface area (Å²) < 4.78 is 31.4. The number of nitrogen functional groups attached to an aromatic ring is 1. The van der Waals surface area contributed by atoms with Crippen LogP contribution in [0.4, 0.5) is 10.2 Å². The van der Waals surface area contributed by atoms with Crippen molar-refractivity contribution in [2.75, 3.05) is 18.9 Å². The van der Waals surface area contributed by atoms with E-state index in [0.29, 0.717) is 11.2 Å². The van der Waals surface area contributed by atoms with Crippen molar-refractivity contribution in [2.24, 2.45) is 0 Å². The first-order chi connectivity index (χ1) is 13.4. The first-order valence-electron chi connectivity index (χ1n) is 8.57. The summed E-state index contributed by atoms with van der Waals surface area (Å²) in [5.41, 5.74) is 6.36. The SMILES string of the molecule is Nc1ncnc2c1ncn2[C@@H]1O[C@H](COC2O[C@H](CO)[C@@H](O)[C@@H]2F)[C@@H](O)[C@H]1O. The van der Waals surface area contributed by atoms with Gasteiger partial charge in [0.2, 0.25) is 0 Å². The van der Waals surface area contributed by atoms with Crippen LogP contribution in [0.2, 0.25) is 0 Å². The highest BCUT2D eigenvalue weighted by atomic mass is 19.1. The molecule has 0 amide bonds. The Morgan fingerprint density at radius 1 is 1.11 bits per heavy atom. The van der Waals surface area contributed by atoms with E-state index in [1.807, 2.05) is 0 Å². The summed E-state index contributed by atoms with van der Waals surface area (Å²) in [7, 11) is 0. The van der Waals surface area contributed by atoms with Crippen molar-refractivity contribution in [3.8, 4) is 0 Å². The van der Waals surface area contributed by atoms with Crippen LogP contribution in [-0.4, -0.2) is 96.1 Å². The van der Waals surface area contributed by atoms with Crippen LogP contribution in [0.1, 0.15) is 6.23 Å². The zero-order valence-corrected chi connectivity index (χ0v) is 14.4. The van der Waals surface area contributed by atoms with Crippen molar-refractivity contribution in [3.05, 3.63) is 12.7 Å². The van der Waals surface area contributed by atoms with Crippen LogP contribution < -0.4 is 5.73 Å². The maximum Gasteiger partial charge on any atom is 0.192 e. The Morgan fingerprint density at radius 3 is 2.61 bits per heavy atom. The van der Waals surface area contributed by atoms with E-state index in [4.69, 9.17) is 25.1 Å². The van der Waals surface area contributed by atoms with E-state index in [9.17, 15) is 19.7 Å². The predicted molar refractivity (Wildman–Crippen MR) is 88.3 cm³/mol. The van der Waals surface area contributed by atoms with Gasteiger partial charge in [-0.15, -0.1) is 0 Å². The molecule has 0 bridgehead atoms. The summed E-state index contributed by atoms with van der Waals surface area (Å²) in [5.74, 6) is 0.154. The molecule has 6 N–H and O–H groups in total. The summed E-state index contributed by atoms with van der Waals surface area (Å²) >= 11 is 0. The molecule has 2 aliphatic heterocycles. The summed E-state index contributed by atoms with van der Waals surface area (Å²) in [5, 5.41) is 39.3. The molecule has 2 fully saturated rings. The molecule has 2 aliphatic rings. The van der Waals surface area contributed by atoms with Gasteiger partial charge in [-0.25, -0.2) is 19.3 Å². The third-order valence-corrected chi connectivity index (χ3v) is 4.88. The van der Waals surface area contributed by atoms with Crippen molar-refractivity contribution in [3.63, 3.8) is 0 Å². The monoisotopic (exact) mass is 401 g/mol. The number of aromatic nitrogens is 4. The zero-order valence-electron chi connectivity index (χ0n) is 14.4. The number of fused-ring (bicyclic) bond motifs is 1. The molecule has 154 valence electrons. The van der Waals surface area contributed by atoms with E-state index in [2.05, 4.69) is 15.0 Å². The van der Waals surface area contributed by atoms with Gasteiger partial charge >= 0.3 is 0 Å². The van der Waals surface area contributed by atoms with E-state index in [1.165, 1.54) is 17.2 Å². The summed E-state index contributed by atoms with van der Waals surface area (Å²) in [4.78, 5) is 12.0. The lowest BCUT2D eigenvalue weighted by Gasteiger charge is -2.19. The molecule has 4 heterocycles. The molecule has 28 heavy (non-hydrogen) atoms. The van der Waals surface area contributed by atoms with Gasteiger partial charge in [-0.1, -0.05) is 0 Å². The van der Waals surface area contributed by atoms with E-state index in [0.717, 1.165) is 0 Å². The van der Waals surface area contributed by atoms with Gasteiger partial charge in [-0.3, -0.25) is 4.57 Å². The van der Waals surface area contributed by atoms with Gasteiger partial charge in [0.05, 0.1) is 19.5 Å². The number of hydrogen-bond acceptors (Lipinski definition) is 11. The molecule has 1 unspecified atom stereocenters. The molecule has 4 rings (SSSR count). The van der Waals surface area contributed by atoms with Gasteiger partial charge in [-0.2, -0.15) is 0 Å². The standard InChI is InChI=1S/C15H20FN5O7/c16-7-9(23)5(1-22)28-15(7)26-2-6-10(24)11(25)14(27-6)21-4-20-8-12(17)18-3-19-13(8)21/h3-7,9-11,14-15,22-25H,1-2H2,(H2,17,18,19)/t5-,6-,7+,9-,10-,11-,14-,15?/m1/s1. The predicted octanol–water partition coefficient (Wildman–Crippen LogP) is -2.54. The number of alkyl halides is 1. The molecule has 0 aliphatic carbocycles. The Labute approximate surface area is 157 Å². The molecule has 2 aromatic rings. The number of hydrogen-bond donors (Lipinski definition) is 5. The average Bonchev–Trinajstić information content (AvgIpc) is 3.32. The number of anilines is 1. The minimum Gasteiger partial charge on any atom is -0.394 e. The normalized spacial score (nSPS) is 38.5. The fourth-order valence-electron chi connectivity index (χ4n) is 3.32. The van der Waals surface area contributed by atoms with Crippen molar-refractivity contribution in [2.45, 2.75) is 49.2 Å². The number of ether oxygens (including phenoxy) is 3. The van der Waals surface area contributed by atoms with E-state index in [-0.39, 0.29) is 12.4 Å². The Morgan fingerprint density at radius 2 is 1.89 bits per heavy atom. The van der Waals surface area contributed by atoms with E-state index < -0.39 is 55.8 Å². The Balaban J connectivity index is 1.45. The van der Waals surface area contributed by atoms with Crippen LogP contribution in [0.5, 0.6) is 0 Å². The fourth-order valence-corrected chi connectivity index (χ4v) is 3.32. The minimum absolute atomic E-state index is 0.154. The highest BCUT2D eigenvalue weighted by Crippen LogP contribution is 2.33. The van der Waals surface area contributed by atoms with Crippen LogP contribution >= 0.6 is 0 Å². The number of imidazole rings is 1. The molecular weight excluding hydrogens is 381 g/mol. The number of aliphatic hydroxyl groups is 4. The van der Waals surface area contributed by atoms with Crippen molar-refractivity contribution < 1.29 is 39.0 Å². The number of halogens is 1. The second-order valence-corrected chi connectivity index (χ2v) is 6.62. The number of nitrogens with zero attached hydrogens (tertiary/aromatic N) is 4. The minimum atomic E-state index is -1.87. The molecule has 0 aromatic carbocycles. The summed E-state index contributed by atoms with van der Waals surface area (Å²) in [6.45, 7) is -0.891. The lowest BCUT2D eigenvalue weighted by atomic mass is 10.1. The molecule has 0 radical (unpaired) electrons. The first-order valence-corrected chi connectivity index (χ1v) is 8.57. The quantitative estimate of drug-likeness (QED) is 0.356. The molecule has 12 nitrogen and oxygen atoms in total. The van der Waals surface area contributed by atoms with Gasteiger partial charge in [0, 0.05) is 0 Å². The van der Waals surface area contributed by atoms with Gasteiger partial charge < -0.3 is 40.4 Å². The topological polar surface area (TPSA) is 178 Å². The first kappa shape index (κ1) is 19.3. The van der Waals surface area contributed by atoms with Gasteiger partial charge in [0.1, 0.15) is 42.4 Å². The maximum absolute atomic E-state index is 14.0. The molecule has 13 heteroatoms. The zero-order chi connectivity index (χ0) is 20.0. The lowest BCUT2D eigenvalue weighted by Crippen LogP contribution is -2.36. The molecule has 0 saturated carbocycles. The highest BCUT2D eigenvalue weighted by molar-refractivity contribution is 5.81. The van der Waals surface area contributed by atoms with E-state index in [1.54, 1.807) is 0 Å². The van der Waals surface area contributed by atoms with Crippen LogP contribution in [0.3, 0.4) is 0 Å². The molecule has 2 saturated heterocycles. The van der Waals surface area contributed by atoms with Crippen molar-refractivity contribution in [1.82, 2.24) is 19.5 Å². The number of nitrogens with two attached hydrogens (primary N) is 1. The Bertz CT molecular complexity index is 840.